The predicted octanol–water partition coefficient (Wildman–Crippen LogP) is 0.851. The van der Waals surface area contributed by atoms with Gasteiger partial charge in [0, 0.05) is 19.0 Å². The fraction of sp³-hybridized carbons (Fsp3) is 0.833. The Balaban J connectivity index is 1.54. The maximum atomic E-state index is 11.0. The van der Waals surface area contributed by atoms with Crippen LogP contribution in [0.2, 0.25) is 0 Å². The number of aromatic nitrogens is 2. The lowest BCUT2D eigenvalue weighted by molar-refractivity contribution is 0.288. The Morgan fingerprint density at radius 2 is 2.05 bits per heavy atom. The second-order valence-electron chi connectivity index (χ2n) is 5.98. The van der Waals surface area contributed by atoms with E-state index in [-0.39, 0.29) is 5.92 Å². The zero-order valence-electron chi connectivity index (χ0n) is 11.8. The van der Waals surface area contributed by atoms with Crippen molar-refractivity contribution in [1.82, 2.24) is 10.1 Å². The summed E-state index contributed by atoms with van der Waals surface area (Å²) in [5, 5.41) is 3.96. The van der Waals surface area contributed by atoms with E-state index in [1.807, 2.05) is 13.8 Å². The fourth-order valence-electron chi connectivity index (χ4n) is 2.84. The van der Waals surface area contributed by atoms with Crippen molar-refractivity contribution in [1.29, 1.82) is 0 Å². The quantitative estimate of drug-likeness (QED) is 0.745. The zero-order valence-corrected chi connectivity index (χ0v) is 12.6. The van der Waals surface area contributed by atoms with Crippen LogP contribution >= 0.6 is 0 Å². The zero-order chi connectivity index (χ0) is 14.5. The Kier molecular flexibility index (Phi) is 3.24. The molecule has 2 heterocycles. The van der Waals surface area contributed by atoms with Gasteiger partial charge in [-0.05, 0) is 17.8 Å². The van der Waals surface area contributed by atoms with Crippen LogP contribution in [0.15, 0.2) is 4.52 Å². The molecule has 2 unspecified atom stereocenters. The molecule has 2 fully saturated rings. The predicted molar refractivity (Wildman–Crippen MR) is 71.9 cm³/mol. The van der Waals surface area contributed by atoms with E-state index < -0.39 is 10.1 Å². The summed E-state index contributed by atoms with van der Waals surface area (Å²) < 4.78 is 32.1. The molecule has 2 aliphatic rings. The minimum atomic E-state index is -3.34. The molecule has 1 aromatic rings. The van der Waals surface area contributed by atoms with Crippen molar-refractivity contribution in [3.05, 3.63) is 5.82 Å². The summed E-state index contributed by atoms with van der Waals surface area (Å²) in [5.41, 5.74) is 0. The molecule has 7 nitrogen and oxygen atoms in total. The molecule has 3 atom stereocenters. The number of fused-ring (bicyclic) bond motifs is 1. The van der Waals surface area contributed by atoms with Crippen molar-refractivity contribution in [2.24, 2.45) is 17.8 Å². The normalized spacial score (nSPS) is 29.0. The van der Waals surface area contributed by atoms with E-state index in [4.69, 9.17) is 8.71 Å². The van der Waals surface area contributed by atoms with Crippen LogP contribution in [-0.2, 0) is 14.3 Å². The molecule has 3 rings (SSSR count). The van der Waals surface area contributed by atoms with Crippen LogP contribution < -0.4 is 4.90 Å². The number of hydrogen-bond donors (Lipinski definition) is 0. The lowest BCUT2D eigenvalue weighted by Gasteiger charge is -2.16. The first-order valence-electron chi connectivity index (χ1n) is 6.78. The monoisotopic (exact) mass is 301 g/mol. The average molecular weight is 301 g/mol. The highest BCUT2D eigenvalue weighted by molar-refractivity contribution is 7.85. The highest BCUT2D eigenvalue weighted by atomic mass is 32.2. The first-order valence-corrected chi connectivity index (χ1v) is 8.60. The SMILES string of the molecule is CC(C)c1noc(N2CC3C(COS(C)(=O)=O)[C@@H]3C2)n1. The number of hydrogen-bond acceptors (Lipinski definition) is 7. The van der Waals surface area contributed by atoms with E-state index in [0.29, 0.717) is 30.4 Å². The van der Waals surface area contributed by atoms with Gasteiger partial charge in [-0.25, -0.2) is 0 Å². The van der Waals surface area contributed by atoms with Gasteiger partial charge in [-0.2, -0.15) is 13.4 Å². The molecule has 1 aliphatic carbocycles. The van der Waals surface area contributed by atoms with Gasteiger partial charge in [0.2, 0.25) is 0 Å². The van der Waals surface area contributed by atoms with Gasteiger partial charge < -0.3 is 9.42 Å². The molecular weight excluding hydrogens is 282 g/mol. The molecule has 0 aromatic carbocycles. The summed E-state index contributed by atoms with van der Waals surface area (Å²) in [6.45, 7) is 6.01. The van der Waals surface area contributed by atoms with Crippen LogP contribution in [0.25, 0.3) is 0 Å². The van der Waals surface area contributed by atoms with Gasteiger partial charge in [0.1, 0.15) is 0 Å². The molecule has 0 spiro atoms. The largest absolute Gasteiger partial charge is 0.324 e. The average Bonchev–Trinajstić information content (AvgIpc) is 2.78. The minimum Gasteiger partial charge on any atom is -0.324 e. The van der Waals surface area contributed by atoms with Gasteiger partial charge >= 0.3 is 6.01 Å². The molecule has 0 N–H and O–H groups in total. The van der Waals surface area contributed by atoms with Gasteiger partial charge in [0.15, 0.2) is 5.82 Å². The Morgan fingerprint density at radius 3 is 2.55 bits per heavy atom. The molecule has 0 bridgehead atoms. The van der Waals surface area contributed by atoms with E-state index >= 15 is 0 Å². The van der Waals surface area contributed by atoms with Crippen LogP contribution in [0.3, 0.4) is 0 Å². The van der Waals surface area contributed by atoms with E-state index in [1.54, 1.807) is 0 Å². The van der Waals surface area contributed by atoms with Crippen LogP contribution in [0.5, 0.6) is 0 Å². The Bertz CT molecular complexity index is 586. The third kappa shape index (κ3) is 2.67. The number of rotatable bonds is 5. The second kappa shape index (κ2) is 4.70. The van der Waals surface area contributed by atoms with Gasteiger partial charge in [-0.1, -0.05) is 19.0 Å². The van der Waals surface area contributed by atoms with Crippen molar-refractivity contribution >= 4 is 16.1 Å². The third-order valence-corrected chi connectivity index (χ3v) is 4.63. The second-order valence-corrected chi connectivity index (χ2v) is 7.62. The molecule has 0 radical (unpaired) electrons. The van der Waals surface area contributed by atoms with Gasteiger partial charge in [0.05, 0.1) is 12.9 Å². The van der Waals surface area contributed by atoms with Crippen molar-refractivity contribution in [2.45, 2.75) is 19.8 Å². The topological polar surface area (TPSA) is 85.5 Å². The number of nitrogens with zero attached hydrogens (tertiary/aromatic N) is 3. The molecule has 112 valence electrons. The summed E-state index contributed by atoms with van der Waals surface area (Å²) in [5.74, 6) is 2.27. The third-order valence-electron chi connectivity index (χ3n) is 4.06. The van der Waals surface area contributed by atoms with Crippen LogP contribution in [-0.4, -0.2) is 44.5 Å². The van der Waals surface area contributed by atoms with E-state index in [1.165, 1.54) is 0 Å². The summed E-state index contributed by atoms with van der Waals surface area (Å²) in [4.78, 5) is 6.45. The molecular formula is C12H19N3O4S. The van der Waals surface area contributed by atoms with Gasteiger partial charge in [0.25, 0.3) is 10.1 Å². The summed E-state index contributed by atoms with van der Waals surface area (Å²) in [7, 11) is -3.34. The smallest absolute Gasteiger partial charge is 0.324 e. The van der Waals surface area contributed by atoms with Crippen LogP contribution in [0, 0.1) is 17.8 Å². The fourth-order valence-corrected chi connectivity index (χ4v) is 3.25. The van der Waals surface area contributed by atoms with Crippen LogP contribution in [0.4, 0.5) is 6.01 Å². The standard InChI is InChI=1S/C12H19N3O4S/c1-7(2)11-13-12(19-14-11)15-4-8-9(5-15)10(8)6-18-20(3,16)17/h7-10H,4-6H2,1-3H3/t8-,9?,10?/m1/s1. The molecule has 0 amide bonds. The molecule has 1 saturated heterocycles. The number of piperidine rings is 1. The Morgan fingerprint density at radius 1 is 1.40 bits per heavy atom. The molecule has 1 aromatic heterocycles. The van der Waals surface area contributed by atoms with Gasteiger partial charge in [-0.3, -0.25) is 4.18 Å². The number of anilines is 1. The Labute approximate surface area is 118 Å². The minimum absolute atomic E-state index is 0.251. The lowest BCUT2D eigenvalue weighted by Crippen LogP contribution is -2.25. The lowest BCUT2D eigenvalue weighted by atomic mass is 10.2. The summed E-state index contributed by atoms with van der Waals surface area (Å²) >= 11 is 0. The highest BCUT2D eigenvalue weighted by Gasteiger charge is 2.56. The first-order chi connectivity index (χ1) is 9.35. The highest BCUT2D eigenvalue weighted by Crippen LogP contribution is 2.52. The van der Waals surface area contributed by atoms with Crippen molar-refractivity contribution in [3.8, 4) is 0 Å². The van der Waals surface area contributed by atoms with E-state index in [0.717, 1.165) is 25.2 Å². The van der Waals surface area contributed by atoms with Crippen molar-refractivity contribution < 1.29 is 17.1 Å². The molecule has 1 aliphatic heterocycles. The van der Waals surface area contributed by atoms with Gasteiger partial charge in [-0.15, -0.1) is 0 Å². The van der Waals surface area contributed by atoms with E-state index in [2.05, 4.69) is 15.0 Å². The Hall–Kier alpha value is -1.15. The maximum Gasteiger partial charge on any atom is 0.324 e. The van der Waals surface area contributed by atoms with Crippen molar-refractivity contribution in [3.63, 3.8) is 0 Å². The molecule has 1 saturated carbocycles. The first kappa shape index (κ1) is 13.8. The molecule has 8 heteroatoms. The van der Waals surface area contributed by atoms with E-state index in [9.17, 15) is 8.42 Å². The summed E-state index contributed by atoms with van der Waals surface area (Å²) in [6, 6.07) is 0.573. The van der Waals surface area contributed by atoms with Crippen molar-refractivity contribution in [2.75, 3.05) is 30.9 Å². The summed E-state index contributed by atoms with van der Waals surface area (Å²) in [6.07, 6.45) is 1.09. The maximum absolute atomic E-state index is 11.0. The molecule has 20 heavy (non-hydrogen) atoms. The van der Waals surface area contributed by atoms with Crippen LogP contribution in [0.1, 0.15) is 25.6 Å².